The highest BCUT2D eigenvalue weighted by Gasteiger charge is 2.08. The zero-order valence-corrected chi connectivity index (χ0v) is 13.5. The van der Waals surface area contributed by atoms with E-state index in [9.17, 15) is 4.79 Å². The molecule has 0 aliphatic carbocycles. The van der Waals surface area contributed by atoms with Gasteiger partial charge in [0, 0.05) is 17.4 Å². The van der Waals surface area contributed by atoms with Gasteiger partial charge in [0.1, 0.15) is 10.7 Å². The molecule has 1 amide bonds. The van der Waals surface area contributed by atoms with Crippen LogP contribution in [0.25, 0.3) is 20.8 Å². The molecule has 0 bridgehead atoms. The van der Waals surface area contributed by atoms with E-state index < -0.39 is 0 Å². The lowest BCUT2D eigenvalue weighted by atomic mass is 10.2. The third kappa shape index (κ3) is 2.89. The summed E-state index contributed by atoms with van der Waals surface area (Å²) in [6.07, 6.45) is 1.60. The fourth-order valence-electron chi connectivity index (χ4n) is 2.38. The van der Waals surface area contributed by atoms with Crippen LogP contribution in [0.1, 0.15) is 10.5 Å². The lowest BCUT2D eigenvalue weighted by molar-refractivity contribution is 0.102. The maximum atomic E-state index is 12.1. The van der Waals surface area contributed by atoms with Gasteiger partial charge in [-0.2, -0.15) is 0 Å². The van der Waals surface area contributed by atoms with Crippen molar-refractivity contribution in [2.45, 2.75) is 0 Å². The number of benzene rings is 2. The van der Waals surface area contributed by atoms with E-state index in [1.807, 2.05) is 42.5 Å². The van der Waals surface area contributed by atoms with E-state index in [0.29, 0.717) is 5.69 Å². The van der Waals surface area contributed by atoms with Gasteiger partial charge in [0.25, 0.3) is 5.91 Å². The van der Waals surface area contributed by atoms with Crippen molar-refractivity contribution in [3.05, 3.63) is 78.6 Å². The van der Waals surface area contributed by atoms with Gasteiger partial charge in [-0.1, -0.05) is 18.2 Å². The second kappa shape index (κ2) is 6.22. The van der Waals surface area contributed by atoms with E-state index in [4.69, 9.17) is 0 Å². The van der Waals surface area contributed by atoms with Gasteiger partial charge in [-0.15, -0.1) is 11.3 Å². The fraction of sp³-hybridized carbons (Fsp3) is 0. The molecule has 24 heavy (non-hydrogen) atoms. The van der Waals surface area contributed by atoms with E-state index in [1.165, 1.54) is 4.70 Å². The van der Waals surface area contributed by atoms with Crippen LogP contribution in [0.2, 0.25) is 0 Å². The minimum atomic E-state index is -0.219. The van der Waals surface area contributed by atoms with E-state index in [0.717, 1.165) is 21.8 Å². The SMILES string of the molecule is O=C(Nc1ccc(-c2nc3ccccc3s2)cc1)c1ccccn1. The summed E-state index contributed by atoms with van der Waals surface area (Å²) in [6, 6.07) is 21.0. The second-order valence-corrected chi connectivity index (χ2v) is 6.26. The molecule has 0 aliphatic rings. The first-order valence-electron chi connectivity index (χ1n) is 7.48. The number of thiazole rings is 1. The summed E-state index contributed by atoms with van der Waals surface area (Å²) in [6.45, 7) is 0. The minimum absolute atomic E-state index is 0.219. The first-order valence-corrected chi connectivity index (χ1v) is 8.30. The normalized spacial score (nSPS) is 10.7. The lowest BCUT2D eigenvalue weighted by Crippen LogP contribution is -2.13. The molecular weight excluding hydrogens is 318 g/mol. The Morgan fingerprint density at radius 1 is 0.917 bits per heavy atom. The Bertz CT molecular complexity index is 961. The molecule has 4 nitrogen and oxygen atoms in total. The first kappa shape index (κ1) is 14.5. The van der Waals surface area contributed by atoms with Crippen LogP contribution in [-0.2, 0) is 0 Å². The predicted octanol–water partition coefficient (Wildman–Crippen LogP) is 4.61. The molecule has 0 atom stereocenters. The number of carbonyl (C=O) groups excluding carboxylic acids is 1. The third-order valence-electron chi connectivity index (χ3n) is 3.58. The van der Waals surface area contributed by atoms with Crippen LogP contribution in [0, 0.1) is 0 Å². The smallest absolute Gasteiger partial charge is 0.274 e. The van der Waals surface area contributed by atoms with Crippen molar-refractivity contribution in [2.24, 2.45) is 0 Å². The number of amides is 1. The molecule has 0 saturated heterocycles. The van der Waals surface area contributed by atoms with Gasteiger partial charge in [-0.3, -0.25) is 9.78 Å². The number of carbonyl (C=O) groups is 1. The zero-order valence-electron chi connectivity index (χ0n) is 12.6. The molecule has 2 heterocycles. The van der Waals surface area contributed by atoms with Gasteiger partial charge in [-0.05, 0) is 48.5 Å². The third-order valence-corrected chi connectivity index (χ3v) is 4.67. The van der Waals surface area contributed by atoms with Crippen LogP contribution < -0.4 is 5.32 Å². The van der Waals surface area contributed by atoms with Gasteiger partial charge in [0.05, 0.1) is 10.2 Å². The summed E-state index contributed by atoms with van der Waals surface area (Å²) in [7, 11) is 0. The van der Waals surface area contributed by atoms with Crippen LogP contribution in [-0.4, -0.2) is 15.9 Å². The van der Waals surface area contributed by atoms with E-state index in [1.54, 1.807) is 35.7 Å². The van der Waals surface area contributed by atoms with Crippen molar-refractivity contribution in [3.8, 4) is 10.6 Å². The predicted molar refractivity (Wildman–Crippen MR) is 97.2 cm³/mol. The summed E-state index contributed by atoms with van der Waals surface area (Å²) in [5.74, 6) is -0.219. The topological polar surface area (TPSA) is 54.9 Å². The summed E-state index contributed by atoms with van der Waals surface area (Å²) in [4.78, 5) is 20.8. The first-order chi connectivity index (χ1) is 11.8. The van der Waals surface area contributed by atoms with Crippen molar-refractivity contribution in [3.63, 3.8) is 0 Å². The van der Waals surface area contributed by atoms with Gasteiger partial charge in [-0.25, -0.2) is 4.98 Å². The number of pyridine rings is 1. The molecule has 0 spiro atoms. The number of rotatable bonds is 3. The van der Waals surface area contributed by atoms with E-state index in [-0.39, 0.29) is 5.91 Å². The number of hydrogen-bond donors (Lipinski definition) is 1. The largest absolute Gasteiger partial charge is 0.321 e. The molecule has 4 rings (SSSR count). The highest BCUT2D eigenvalue weighted by atomic mass is 32.1. The van der Waals surface area contributed by atoms with Crippen LogP contribution in [0.15, 0.2) is 72.9 Å². The highest BCUT2D eigenvalue weighted by Crippen LogP contribution is 2.30. The van der Waals surface area contributed by atoms with Gasteiger partial charge >= 0.3 is 0 Å². The molecule has 4 aromatic rings. The number of nitrogens with zero attached hydrogens (tertiary/aromatic N) is 2. The summed E-state index contributed by atoms with van der Waals surface area (Å²) < 4.78 is 1.17. The Kier molecular flexibility index (Phi) is 3.76. The number of aromatic nitrogens is 2. The lowest BCUT2D eigenvalue weighted by Gasteiger charge is -2.05. The molecule has 0 saturated carbocycles. The van der Waals surface area contributed by atoms with Crippen LogP contribution in [0.3, 0.4) is 0 Å². The second-order valence-electron chi connectivity index (χ2n) is 5.23. The van der Waals surface area contributed by atoms with Crippen molar-refractivity contribution in [2.75, 3.05) is 5.32 Å². The molecular formula is C19H13N3OS. The number of fused-ring (bicyclic) bond motifs is 1. The zero-order chi connectivity index (χ0) is 16.4. The highest BCUT2D eigenvalue weighted by molar-refractivity contribution is 7.21. The quantitative estimate of drug-likeness (QED) is 0.596. The number of hydrogen-bond acceptors (Lipinski definition) is 4. The molecule has 0 unspecified atom stereocenters. The van der Waals surface area contributed by atoms with Crippen LogP contribution >= 0.6 is 11.3 Å². The monoisotopic (exact) mass is 331 g/mol. The van der Waals surface area contributed by atoms with E-state index in [2.05, 4.69) is 21.4 Å². The Morgan fingerprint density at radius 2 is 1.71 bits per heavy atom. The van der Waals surface area contributed by atoms with Gasteiger partial charge < -0.3 is 5.32 Å². The Labute approximate surface area is 142 Å². The molecule has 5 heteroatoms. The standard InChI is InChI=1S/C19H13N3OS/c23-18(16-6-3-4-12-20-16)21-14-10-8-13(9-11-14)19-22-15-5-1-2-7-17(15)24-19/h1-12H,(H,21,23). The Balaban J connectivity index is 1.55. The van der Waals surface area contributed by atoms with Crippen molar-refractivity contribution < 1.29 is 4.79 Å². The molecule has 116 valence electrons. The summed E-state index contributed by atoms with van der Waals surface area (Å²) in [5.41, 5.74) is 3.17. The molecule has 0 fully saturated rings. The van der Waals surface area contributed by atoms with Crippen molar-refractivity contribution >= 4 is 33.1 Å². The molecule has 1 N–H and O–H groups in total. The number of anilines is 1. The summed E-state index contributed by atoms with van der Waals surface area (Å²) >= 11 is 1.66. The summed E-state index contributed by atoms with van der Waals surface area (Å²) in [5, 5.41) is 3.82. The molecule has 0 radical (unpaired) electrons. The van der Waals surface area contributed by atoms with Crippen molar-refractivity contribution in [1.82, 2.24) is 9.97 Å². The Morgan fingerprint density at radius 3 is 2.46 bits per heavy atom. The van der Waals surface area contributed by atoms with Crippen LogP contribution in [0.4, 0.5) is 5.69 Å². The van der Waals surface area contributed by atoms with Gasteiger partial charge in [0.15, 0.2) is 0 Å². The average molecular weight is 331 g/mol. The molecule has 0 aliphatic heterocycles. The van der Waals surface area contributed by atoms with E-state index >= 15 is 0 Å². The fourth-order valence-corrected chi connectivity index (χ4v) is 3.36. The Hall–Kier alpha value is -3.05. The number of nitrogens with one attached hydrogen (secondary N) is 1. The van der Waals surface area contributed by atoms with Gasteiger partial charge in [0.2, 0.25) is 0 Å². The maximum Gasteiger partial charge on any atom is 0.274 e. The minimum Gasteiger partial charge on any atom is -0.321 e. The van der Waals surface area contributed by atoms with Crippen LogP contribution in [0.5, 0.6) is 0 Å². The maximum absolute atomic E-state index is 12.1. The molecule has 2 aromatic heterocycles. The number of para-hydroxylation sites is 1. The average Bonchev–Trinajstić information content (AvgIpc) is 3.07. The van der Waals surface area contributed by atoms with Crippen molar-refractivity contribution in [1.29, 1.82) is 0 Å². The molecule has 2 aromatic carbocycles.